The molecule has 0 aliphatic carbocycles. The van der Waals surface area contributed by atoms with Crippen molar-refractivity contribution < 1.29 is 9.59 Å². The first-order chi connectivity index (χ1) is 13.5. The standard InChI is InChI=1S/C19H21N7O2/c1-12-14(8-20-11-22-12)19(28)25-7-5-13(10-25)16-4-6-21-17-15(9-23-26(16)17)18(27)24(2)3/h4,6,8-9,11,13H,5,7,10H2,1-3H3. The summed E-state index contributed by atoms with van der Waals surface area (Å²) in [4.78, 5) is 40.9. The summed E-state index contributed by atoms with van der Waals surface area (Å²) in [5, 5.41) is 4.39. The van der Waals surface area contributed by atoms with Crippen LogP contribution in [0.25, 0.3) is 5.65 Å². The largest absolute Gasteiger partial charge is 0.345 e. The van der Waals surface area contributed by atoms with Gasteiger partial charge in [0.05, 0.1) is 23.1 Å². The van der Waals surface area contributed by atoms with Gasteiger partial charge in [0, 0.05) is 45.5 Å². The molecule has 9 nitrogen and oxygen atoms in total. The number of fused-ring (bicyclic) bond motifs is 1. The lowest BCUT2D eigenvalue weighted by molar-refractivity contribution is 0.0787. The summed E-state index contributed by atoms with van der Waals surface area (Å²) in [6, 6.07) is 1.90. The van der Waals surface area contributed by atoms with E-state index in [1.165, 1.54) is 11.2 Å². The fraction of sp³-hybridized carbons (Fsp3) is 0.368. The number of likely N-dealkylation sites (tertiary alicyclic amines) is 1. The highest BCUT2D eigenvalue weighted by atomic mass is 16.2. The number of rotatable bonds is 3. The summed E-state index contributed by atoms with van der Waals surface area (Å²) >= 11 is 0. The van der Waals surface area contributed by atoms with Crippen molar-refractivity contribution in [2.45, 2.75) is 19.3 Å². The molecule has 0 saturated carbocycles. The van der Waals surface area contributed by atoms with E-state index in [4.69, 9.17) is 0 Å². The minimum Gasteiger partial charge on any atom is -0.345 e. The Bertz CT molecular complexity index is 1060. The molecule has 1 atom stereocenters. The third kappa shape index (κ3) is 2.98. The number of aryl methyl sites for hydroxylation is 1. The molecule has 3 aromatic rings. The van der Waals surface area contributed by atoms with Gasteiger partial charge in [-0.15, -0.1) is 0 Å². The third-order valence-electron chi connectivity index (χ3n) is 5.10. The highest BCUT2D eigenvalue weighted by Gasteiger charge is 2.31. The summed E-state index contributed by atoms with van der Waals surface area (Å²) in [6.07, 6.45) is 7.07. The van der Waals surface area contributed by atoms with Gasteiger partial charge in [-0.3, -0.25) is 9.59 Å². The van der Waals surface area contributed by atoms with Gasteiger partial charge in [-0.05, 0) is 19.4 Å². The molecule has 144 valence electrons. The third-order valence-corrected chi connectivity index (χ3v) is 5.10. The SMILES string of the molecule is Cc1ncncc1C(=O)N1CCC(c2ccnc3c(C(=O)N(C)C)cnn23)C1. The fourth-order valence-corrected chi connectivity index (χ4v) is 3.57. The van der Waals surface area contributed by atoms with Crippen molar-refractivity contribution in [2.75, 3.05) is 27.2 Å². The van der Waals surface area contributed by atoms with Gasteiger partial charge in [-0.1, -0.05) is 0 Å². The van der Waals surface area contributed by atoms with Crippen molar-refractivity contribution in [3.05, 3.63) is 53.5 Å². The highest BCUT2D eigenvalue weighted by molar-refractivity contribution is 5.99. The molecule has 3 aromatic heterocycles. The molecule has 1 aliphatic rings. The minimum atomic E-state index is -0.137. The molecular weight excluding hydrogens is 358 g/mol. The number of carbonyl (C=O) groups excluding carboxylic acids is 2. The van der Waals surface area contributed by atoms with Crippen LogP contribution in [-0.4, -0.2) is 73.4 Å². The molecule has 0 spiro atoms. The smallest absolute Gasteiger partial charge is 0.258 e. The molecule has 0 aromatic carbocycles. The Balaban J connectivity index is 1.61. The summed E-state index contributed by atoms with van der Waals surface area (Å²) < 4.78 is 1.71. The van der Waals surface area contributed by atoms with Gasteiger partial charge in [-0.2, -0.15) is 5.10 Å². The van der Waals surface area contributed by atoms with Gasteiger partial charge in [0.25, 0.3) is 11.8 Å². The summed E-state index contributed by atoms with van der Waals surface area (Å²) in [5.41, 5.74) is 3.15. The molecule has 0 bridgehead atoms. The van der Waals surface area contributed by atoms with Crippen molar-refractivity contribution in [3.8, 4) is 0 Å². The summed E-state index contributed by atoms with van der Waals surface area (Å²) in [6.45, 7) is 3.03. The van der Waals surface area contributed by atoms with Crippen molar-refractivity contribution in [2.24, 2.45) is 0 Å². The number of carbonyl (C=O) groups is 2. The molecule has 1 saturated heterocycles. The highest BCUT2D eigenvalue weighted by Crippen LogP contribution is 2.29. The number of hydrogen-bond donors (Lipinski definition) is 0. The van der Waals surface area contributed by atoms with Gasteiger partial charge >= 0.3 is 0 Å². The summed E-state index contributed by atoms with van der Waals surface area (Å²) in [5.74, 6) is -0.0844. The van der Waals surface area contributed by atoms with Crippen LogP contribution < -0.4 is 0 Å². The molecule has 4 rings (SSSR count). The van der Waals surface area contributed by atoms with E-state index in [1.807, 2.05) is 17.9 Å². The maximum absolute atomic E-state index is 12.8. The predicted molar refractivity (Wildman–Crippen MR) is 101 cm³/mol. The Kier molecular flexibility index (Phi) is 4.50. The van der Waals surface area contributed by atoms with Crippen molar-refractivity contribution in [3.63, 3.8) is 0 Å². The van der Waals surface area contributed by atoms with E-state index in [0.29, 0.717) is 35.6 Å². The normalized spacial score (nSPS) is 16.5. The van der Waals surface area contributed by atoms with Crippen LogP contribution in [-0.2, 0) is 0 Å². The number of amides is 2. The number of aromatic nitrogens is 5. The van der Waals surface area contributed by atoms with Crippen LogP contribution in [0.5, 0.6) is 0 Å². The van der Waals surface area contributed by atoms with Crippen LogP contribution in [0.4, 0.5) is 0 Å². The maximum Gasteiger partial charge on any atom is 0.258 e. The molecule has 2 amide bonds. The van der Waals surface area contributed by atoms with Gasteiger partial charge in [0.2, 0.25) is 0 Å². The molecule has 0 N–H and O–H groups in total. The molecule has 1 aliphatic heterocycles. The Labute approximate surface area is 162 Å². The number of nitrogens with zero attached hydrogens (tertiary/aromatic N) is 7. The fourth-order valence-electron chi connectivity index (χ4n) is 3.57. The average molecular weight is 379 g/mol. The second-order valence-electron chi connectivity index (χ2n) is 7.12. The monoisotopic (exact) mass is 379 g/mol. The van der Waals surface area contributed by atoms with E-state index in [-0.39, 0.29) is 17.7 Å². The lowest BCUT2D eigenvalue weighted by atomic mass is 10.0. The average Bonchev–Trinajstić information content (AvgIpc) is 3.34. The first-order valence-electron chi connectivity index (χ1n) is 9.07. The Morgan fingerprint density at radius 2 is 2.00 bits per heavy atom. The van der Waals surface area contributed by atoms with Crippen molar-refractivity contribution >= 4 is 17.5 Å². The second-order valence-corrected chi connectivity index (χ2v) is 7.12. The first-order valence-corrected chi connectivity index (χ1v) is 9.07. The van der Waals surface area contributed by atoms with E-state index in [9.17, 15) is 9.59 Å². The molecule has 9 heteroatoms. The van der Waals surface area contributed by atoms with Gasteiger partial charge < -0.3 is 9.80 Å². The first kappa shape index (κ1) is 18.0. The Hall–Kier alpha value is -3.36. The van der Waals surface area contributed by atoms with E-state index < -0.39 is 0 Å². The lowest BCUT2D eigenvalue weighted by Crippen LogP contribution is -2.29. The Morgan fingerprint density at radius 3 is 2.75 bits per heavy atom. The van der Waals surface area contributed by atoms with Crippen LogP contribution in [0.1, 0.15) is 44.4 Å². The van der Waals surface area contributed by atoms with Gasteiger partial charge in [0.15, 0.2) is 5.65 Å². The van der Waals surface area contributed by atoms with Crippen LogP contribution in [0.15, 0.2) is 31.0 Å². The van der Waals surface area contributed by atoms with Crippen molar-refractivity contribution in [1.29, 1.82) is 0 Å². The van der Waals surface area contributed by atoms with Crippen LogP contribution >= 0.6 is 0 Å². The quantitative estimate of drug-likeness (QED) is 0.677. The minimum absolute atomic E-state index is 0.0603. The lowest BCUT2D eigenvalue weighted by Gasteiger charge is -2.17. The van der Waals surface area contributed by atoms with E-state index in [1.54, 1.807) is 37.2 Å². The van der Waals surface area contributed by atoms with E-state index >= 15 is 0 Å². The molecular formula is C19H21N7O2. The van der Waals surface area contributed by atoms with Crippen LogP contribution in [0, 0.1) is 6.92 Å². The maximum atomic E-state index is 12.8. The molecule has 28 heavy (non-hydrogen) atoms. The molecule has 1 fully saturated rings. The molecule has 0 radical (unpaired) electrons. The zero-order chi connectivity index (χ0) is 19.8. The number of hydrogen-bond acceptors (Lipinski definition) is 6. The van der Waals surface area contributed by atoms with Crippen LogP contribution in [0.2, 0.25) is 0 Å². The summed E-state index contributed by atoms with van der Waals surface area (Å²) in [7, 11) is 3.40. The molecule has 1 unspecified atom stereocenters. The topological polar surface area (TPSA) is 96.6 Å². The van der Waals surface area contributed by atoms with E-state index in [0.717, 1.165) is 12.1 Å². The van der Waals surface area contributed by atoms with Crippen molar-refractivity contribution in [1.82, 2.24) is 34.4 Å². The van der Waals surface area contributed by atoms with E-state index in [2.05, 4.69) is 20.1 Å². The zero-order valence-electron chi connectivity index (χ0n) is 16.0. The van der Waals surface area contributed by atoms with Gasteiger partial charge in [0.1, 0.15) is 11.9 Å². The second kappa shape index (κ2) is 6.99. The molecule has 4 heterocycles. The van der Waals surface area contributed by atoms with Gasteiger partial charge in [-0.25, -0.2) is 19.5 Å². The Morgan fingerprint density at radius 1 is 1.18 bits per heavy atom. The predicted octanol–water partition coefficient (Wildman–Crippen LogP) is 1.16. The zero-order valence-corrected chi connectivity index (χ0v) is 16.0. The van der Waals surface area contributed by atoms with Crippen LogP contribution in [0.3, 0.4) is 0 Å².